The van der Waals surface area contributed by atoms with E-state index in [1.807, 2.05) is 26.0 Å². The number of morpholine rings is 2. The van der Waals surface area contributed by atoms with Gasteiger partial charge in [-0.2, -0.15) is 0 Å². The van der Waals surface area contributed by atoms with Gasteiger partial charge in [0.2, 0.25) is 0 Å². The van der Waals surface area contributed by atoms with Gasteiger partial charge >= 0.3 is 23.5 Å². The fraction of sp³-hybridized carbons (Fsp3) is 0.413. The van der Waals surface area contributed by atoms with Gasteiger partial charge in [-0.05, 0) is 80.8 Å². The van der Waals surface area contributed by atoms with Gasteiger partial charge in [0.1, 0.15) is 22.7 Å². The van der Waals surface area contributed by atoms with E-state index >= 15 is 0 Å². The molecule has 0 amide bonds. The lowest BCUT2D eigenvalue weighted by Crippen LogP contribution is -2.37. The van der Waals surface area contributed by atoms with Crippen molar-refractivity contribution >= 4 is 27.9 Å². The highest BCUT2D eigenvalue weighted by atomic mass is 16.7. The number of carbonyl (C=O) groups excluding carboxylic acids is 1. The minimum Gasteiger partial charge on any atom is -0.460 e. The molecule has 2 aromatic carbocycles. The molecule has 4 aromatic rings. The minimum atomic E-state index is -1.64. The van der Waals surface area contributed by atoms with Gasteiger partial charge < -0.3 is 32.5 Å². The van der Waals surface area contributed by atoms with Crippen LogP contribution in [0.1, 0.15) is 51.4 Å². The minimum absolute atomic E-state index is 0.0511. The first kappa shape index (κ1) is 42.3. The van der Waals surface area contributed by atoms with E-state index in [9.17, 15) is 14.4 Å². The molecule has 2 aromatic heterocycles. The molecule has 0 radical (unpaired) electrons. The largest absolute Gasteiger partial charge is 0.460 e. The number of benzene rings is 2. The van der Waals surface area contributed by atoms with E-state index in [1.54, 1.807) is 31.2 Å². The van der Waals surface area contributed by atoms with Crippen molar-refractivity contribution in [1.29, 1.82) is 0 Å². The fourth-order valence-corrected chi connectivity index (χ4v) is 7.70. The van der Waals surface area contributed by atoms with Crippen molar-refractivity contribution in [2.75, 3.05) is 59.2 Å². The van der Waals surface area contributed by atoms with Crippen molar-refractivity contribution in [1.82, 2.24) is 9.80 Å². The van der Waals surface area contributed by atoms with Crippen molar-refractivity contribution in [2.24, 2.45) is 0 Å². The molecule has 2 fully saturated rings. The summed E-state index contributed by atoms with van der Waals surface area (Å²) in [6.07, 6.45) is 6.40. The molecule has 58 heavy (non-hydrogen) atoms. The number of carbonyl (C=O) groups is 1. The van der Waals surface area contributed by atoms with Crippen LogP contribution < -0.4 is 20.7 Å². The van der Waals surface area contributed by atoms with Gasteiger partial charge in [0.25, 0.3) is 0 Å². The number of nitrogens with zero attached hydrogens (tertiary/aromatic N) is 2. The SMILES string of the molecule is C=CCc1cc2c(C)c(CN3CCOCC3)c(=O)oc2c(CC=C)c1OC(Oc1c(CC=C)cc2c(C)c(CN3CCOCC3)c(=O)oc2c1CC=C)C(=O)OCC. The van der Waals surface area contributed by atoms with E-state index in [0.29, 0.717) is 123 Å². The molecule has 2 saturated heterocycles. The maximum absolute atomic E-state index is 13.9. The molecule has 0 unspecified atom stereocenters. The van der Waals surface area contributed by atoms with Crippen LogP contribution >= 0.6 is 0 Å². The third-order valence-electron chi connectivity index (χ3n) is 10.7. The van der Waals surface area contributed by atoms with E-state index in [-0.39, 0.29) is 30.9 Å². The first-order valence-corrected chi connectivity index (χ1v) is 19.9. The zero-order chi connectivity index (χ0) is 41.3. The highest BCUT2D eigenvalue weighted by molar-refractivity contribution is 5.89. The van der Waals surface area contributed by atoms with Crippen LogP contribution in [0.15, 0.2) is 81.2 Å². The normalized spacial score (nSPS) is 15.1. The van der Waals surface area contributed by atoms with Crippen LogP contribution in [0.4, 0.5) is 0 Å². The molecule has 4 heterocycles. The molecule has 0 aliphatic carbocycles. The second-order valence-electron chi connectivity index (χ2n) is 14.5. The summed E-state index contributed by atoms with van der Waals surface area (Å²) in [5.41, 5.74) is 4.90. The van der Waals surface area contributed by atoms with Gasteiger partial charge in [0.05, 0.1) is 44.2 Å². The summed E-state index contributed by atoms with van der Waals surface area (Å²) < 4.78 is 42.0. The van der Waals surface area contributed by atoms with E-state index in [1.165, 1.54) is 0 Å². The average Bonchev–Trinajstić information content (AvgIpc) is 3.21. The molecule has 2 aliphatic rings. The first-order valence-electron chi connectivity index (χ1n) is 19.9. The molecular weight excluding hydrogens is 741 g/mol. The van der Waals surface area contributed by atoms with Crippen molar-refractivity contribution in [3.8, 4) is 11.5 Å². The number of allylic oxidation sites excluding steroid dienone is 4. The number of aryl methyl sites for hydroxylation is 2. The van der Waals surface area contributed by atoms with Crippen molar-refractivity contribution in [3.63, 3.8) is 0 Å². The number of esters is 1. The summed E-state index contributed by atoms with van der Waals surface area (Å²) in [5, 5.41) is 1.49. The lowest BCUT2D eigenvalue weighted by atomic mass is 9.95. The van der Waals surface area contributed by atoms with Crippen molar-refractivity contribution < 1.29 is 37.3 Å². The Bertz CT molecular complexity index is 2160. The summed E-state index contributed by atoms with van der Waals surface area (Å²) in [7, 11) is 0. The maximum atomic E-state index is 13.9. The summed E-state index contributed by atoms with van der Waals surface area (Å²) in [5.74, 6) is -0.233. The highest BCUT2D eigenvalue weighted by Gasteiger charge is 2.32. The quantitative estimate of drug-likeness (QED) is 0.0476. The van der Waals surface area contributed by atoms with Crippen LogP contribution in [0.2, 0.25) is 0 Å². The smallest absolute Gasteiger partial charge is 0.389 e. The Hall–Kier alpha value is -5.27. The molecule has 2 aliphatic heterocycles. The molecule has 0 bridgehead atoms. The molecular formula is C46H54N2O10. The molecule has 0 spiro atoms. The molecule has 12 nitrogen and oxygen atoms in total. The van der Waals surface area contributed by atoms with Crippen LogP contribution in [-0.2, 0) is 57.8 Å². The number of hydrogen-bond acceptors (Lipinski definition) is 12. The predicted molar refractivity (Wildman–Crippen MR) is 224 cm³/mol. The number of fused-ring (bicyclic) bond motifs is 2. The standard InChI is InChI=1S/C46H54N2O10/c1-8-13-31-25-35-29(6)37(27-47-17-21-52-22-18-47)43(49)55-41(35)33(15-10-3)39(31)57-46(45(51)54-12-5)58-40-32(14-9-2)26-36-30(7)38(28-48-19-23-53-24-20-48)44(50)56-42(36)34(40)16-11-4/h8-11,25-26,46H,1-4,12-24,27-28H2,5-7H3. The van der Waals surface area contributed by atoms with Crippen LogP contribution in [0, 0.1) is 13.8 Å². The topological polar surface area (TPSA) is 130 Å². The van der Waals surface area contributed by atoms with Crippen LogP contribution in [0.3, 0.4) is 0 Å². The van der Waals surface area contributed by atoms with Gasteiger partial charge in [0, 0.05) is 61.2 Å². The Labute approximate surface area is 338 Å². The summed E-state index contributed by atoms with van der Waals surface area (Å²) in [6, 6.07) is 3.83. The zero-order valence-corrected chi connectivity index (χ0v) is 34.0. The molecule has 0 atom stereocenters. The Balaban J connectivity index is 1.49. The van der Waals surface area contributed by atoms with Gasteiger partial charge in [-0.15, -0.1) is 26.3 Å². The number of ether oxygens (including phenoxy) is 5. The van der Waals surface area contributed by atoms with Gasteiger partial charge in [-0.1, -0.05) is 24.3 Å². The van der Waals surface area contributed by atoms with Gasteiger partial charge in [0.15, 0.2) is 0 Å². The highest BCUT2D eigenvalue weighted by Crippen LogP contribution is 2.39. The first-order chi connectivity index (χ1) is 28.1. The van der Waals surface area contributed by atoms with E-state index in [0.717, 1.165) is 21.9 Å². The predicted octanol–water partition coefficient (Wildman–Crippen LogP) is 6.44. The van der Waals surface area contributed by atoms with E-state index < -0.39 is 23.5 Å². The van der Waals surface area contributed by atoms with Crippen LogP contribution in [0.25, 0.3) is 21.9 Å². The van der Waals surface area contributed by atoms with Gasteiger partial charge in [-0.25, -0.2) is 14.4 Å². The Morgan fingerprint density at radius 2 is 1.07 bits per heavy atom. The molecule has 0 N–H and O–H groups in total. The monoisotopic (exact) mass is 794 g/mol. The lowest BCUT2D eigenvalue weighted by molar-refractivity contribution is -0.165. The maximum Gasteiger partial charge on any atom is 0.389 e. The Morgan fingerprint density at radius 1 is 0.672 bits per heavy atom. The van der Waals surface area contributed by atoms with Gasteiger partial charge in [-0.3, -0.25) is 9.80 Å². The fourth-order valence-electron chi connectivity index (χ4n) is 7.70. The second kappa shape index (κ2) is 19.5. The van der Waals surface area contributed by atoms with E-state index in [4.69, 9.17) is 32.5 Å². The van der Waals surface area contributed by atoms with Crippen molar-refractivity contribution in [2.45, 2.75) is 65.8 Å². The summed E-state index contributed by atoms with van der Waals surface area (Å²) in [6.45, 7) is 27.6. The van der Waals surface area contributed by atoms with Crippen LogP contribution in [0.5, 0.6) is 11.5 Å². The zero-order valence-electron chi connectivity index (χ0n) is 34.0. The Morgan fingerprint density at radius 3 is 1.43 bits per heavy atom. The second-order valence-corrected chi connectivity index (χ2v) is 14.5. The summed E-state index contributed by atoms with van der Waals surface area (Å²) >= 11 is 0. The van der Waals surface area contributed by atoms with Crippen molar-refractivity contribution in [3.05, 3.63) is 128 Å². The number of rotatable bonds is 18. The number of hydrogen-bond donors (Lipinski definition) is 0. The summed E-state index contributed by atoms with van der Waals surface area (Å²) in [4.78, 5) is 45.6. The third kappa shape index (κ3) is 9.05. The average molecular weight is 795 g/mol. The third-order valence-corrected chi connectivity index (χ3v) is 10.7. The molecule has 6 rings (SSSR count). The molecule has 12 heteroatoms. The van der Waals surface area contributed by atoms with E-state index in [2.05, 4.69) is 36.1 Å². The van der Waals surface area contributed by atoms with Crippen LogP contribution in [-0.4, -0.2) is 81.3 Å². The molecule has 0 saturated carbocycles. The Kier molecular flexibility index (Phi) is 14.2. The lowest BCUT2D eigenvalue weighted by Gasteiger charge is -2.27. The molecule has 308 valence electrons.